The van der Waals surface area contributed by atoms with Gasteiger partial charge in [-0.1, -0.05) is 0 Å². The molecule has 0 saturated carbocycles. The second-order valence-corrected chi connectivity index (χ2v) is 7.63. The third-order valence-corrected chi connectivity index (χ3v) is 6.03. The Balaban J connectivity index is 1.44. The van der Waals surface area contributed by atoms with Gasteiger partial charge in [0.1, 0.15) is 0 Å². The highest BCUT2D eigenvalue weighted by Gasteiger charge is 2.27. The van der Waals surface area contributed by atoms with Crippen LogP contribution in [0.15, 0.2) is 35.8 Å². The van der Waals surface area contributed by atoms with Crippen LogP contribution in [-0.2, 0) is 0 Å². The number of thiazole rings is 1. The summed E-state index contributed by atoms with van der Waals surface area (Å²) in [6.07, 6.45) is 6.59. The molecule has 3 heterocycles. The van der Waals surface area contributed by atoms with Gasteiger partial charge in [-0.25, -0.2) is 4.98 Å². The molecule has 24 heavy (non-hydrogen) atoms. The van der Waals surface area contributed by atoms with Crippen molar-refractivity contribution in [3.05, 3.63) is 46.4 Å². The third kappa shape index (κ3) is 3.18. The maximum atomic E-state index is 12.8. The van der Waals surface area contributed by atoms with Crippen LogP contribution in [0.3, 0.4) is 0 Å². The van der Waals surface area contributed by atoms with Gasteiger partial charge in [0.25, 0.3) is 5.91 Å². The fourth-order valence-electron chi connectivity index (χ4n) is 3.77. The summed E-state index contributed by atoms with van der Waals surface area (Å²) in [5.74, 6) is 0.552. The highest BCUT2D eigenvalue weighted by Crippen LogP contribution is 2.29. The van der Waals surface area contributed by atoms with Crippen LogP contribution in [0.4, 0.5) is 5.69 Å². The van der Waals surface area contributed by atoms with Gasteiger partial charge in [0.2, 0.25) is 0 Å². The van der Waals surface area contributed by atoms with Gasteiger partial charge < -0.3 is 9.80 Å². The Kier molecular flexibility index (Phi) is 4.52. The van der Waals surface area contributed by atoms with E-state index < -0.39 is 0 Å². The number of amides is 1. The molecular formula is C19H23N3OS. The highest BCUT2D eigenvalue weighted by atomic mass is 32.1. The molecule has 1 aromatic heterocycles. The lowest BCUT2D eigenvalue weighted by atomic mass is 9.98. The lowest BCUT2D eigenvalue weighted by Gasteiger charge is -2.32. The predicted molar refractivity (Wildman–Crippen MR) is 97.9 cm³/mol. The Bertz CT molecular complexity index is 677. The van der Waals surface area contributed by atoms with E-state index in [4.69, 9.17) is 0 Å². The maximum absolute atomic E-state index is 12.8. The molecule has 0 unspecified atom stereocenters. The van der Waals surface area contributed by atoms with Crippen LogP contribution < -0.4 is 4.90 Å². The zero-order valence-corrected chi connectivity index (χ0v) is 14.7. The number of carbonyl (C=O) groups is 1. The van der Waals surface area contributed by atoms with E-state index in [1.165, 1.54) is 18.5 Å². The molecule has 1 amide bonds. The van der Waals surface area contributed by atoms with Crippen molar-refractivity contribution in [3.8, 4) is 0 Å². The van der Waals surface area contributed by atoms with Gasteiger partial charge in [-0.2, -0.15) is 0 Å². The summed E-state index contributed by atoms with van der Waals surface area (Å²) in [6, 6.07) is 8.17. The number of benzene rings is 1. The number of hydrogen-bond acceptors (Lipinski definition) is 4. The van der Waals surface area contributed by atoms with Crippen molar-refractivity contribution >= 4 is 22.9 Å². The molecular weight excluding hydrogens is 318 g/mol. The Hall–Kier alpha value is -1.88. The van der Waals surface area contributed by atoms with Crippen molar-refractivity contribution in [2.45, 2.75) is 31.6 Å². The van der Waals surface area contributed by atoms with Gasteiger partial charge in [0.15, 0.2) is 0 Å². The number of nitrogens with zero attached hydrogens (tertiary/aromatic N) is 3. The summed E-state index contributed by atoms with van der Waals surface area (Å²) in [5, 5.41) is 3.18. The molecule has 1 aromatic carbocycles. The average molecular weight is 341 g/mol. The Labute approximate surface area is 147 Å². The van der Waals surface area contributed by atoms with Crippen LogP contribution in [0.25, 0.3) is 0 Å². The molecule has 2 aromatic rings. The van der Waals surface area contributed by atoms with E-state index in [1.807, 2.05) is 28.6 Å². The van der Waals surface area contributed by atoms with Gasteiger partial charge >= 0.3 is 0 Å². The van der Waals surface area contributed by atoms with E-state index in [9.17, 15) is 4.79 Å². The first-order valence-corrected chi connectivity index (χ1v) is 9.73. The van der Waals surface area contributed by atoms with Crippen LogP contribution in [0.5, 0.6) is 0 Å². The Morgan fingerprint density at radius 2 is 1.88 bits per heavy atom. The topological polar surface area (TPSA) is 36.4 Å². The zero-order chi connectivity index (χ0) is 16.4. The number of rotatable bonds is 3. The molecule has 4 nitrogen and oxygen atoms in total. The SMILES string of the molecule is O=C(c1ccc(N2CCCC2)cc1)N1CCC[C@@H](c2nccs2)C1. The fourth-order valence-corrected chi connectivity index (χ4v) is 4.54. The van der Waals surface area contributed by atoms with E-state index in [1.54, 1.807) is 11.3 Å². The summed E-state index contributed by atoms with van der Waals surface area (Å²) < 4.78 is 0. The molecule has 0 aliphatic carbocycles. The largest absolute Gasteiger partial charge is 0.372 e. The van der Waals surface area contributed by atoms with Crippen molar-refractivity contribution in [3.63, 3.8) is 0 Å². The first-order valence-electron chi connectivity index (χ1n) is 8.85. The third-order valence-electron chi connectivity index (χ3n) is 5.09. The zero-order valence-electron chi connectivity index (χ0n) is 13.9. The molecule has 5 heteroatoms. The number of carbonyl (C=O) groups excluding carboxylic acids is 1. The first kappa shape index (κ1) is 15.6. The molecule has 2 fully saturated rings. The Morgan fingerprint density at radius 1 is 1.08 bits per heavy atom. The summed E-state index contributed by atoms with van der Waals surface area (Å²) in [6.45, 7) is 3.92. The van der Waals surface area contributed by atoms with Crippen LogP contribution >= 0.6 is 11.3 Å². The van der Waals surface area contributed by atoms with E-state index in [-0.39, 0.29) is 5.91 Å². The number of hydrogen-bond donors (Lipinski definition) is 0. The Morgan fingerprint density at radius 3 is 2.58 bits per heavy atom. The van der Waals surface area contributed by atoms with Crippen molar-refractivity contribution < 1.29 is 4.79 Å². The van der Waals surface area contributed by atoms with Crippen molar-refractivity contribution in [2.24, 2.45) is 0 Å². The molecule has 4 rings (SSSR count). The average Bonchev–Trinajstić information content (AvgIpc) is 3.35. The molecule has 0 spiro atoms. The number of anilines is 1. The smallest absolute Gasteiger partial charge is 0.253 e. The molecule has 2 aliphatic heterocycles. The molecule has 126 valence electrons. The highest BCUT2D eigenvalue weighted by molar-refractivity contribution is 7.09. The summed E-state index contributed by atoms with van der Waals surface area (Å²) in [4.78, 5) is 21.7. The van der Waals surface area contributed by atoms with Crippen LogP contribution in [-0.4, -0.2) is 42.0 Å². The summed E-state index contributed by atoms with van der Waals surface area (Å²) in [5.41, 5.74) is 2.04. The number of likely N-dealkylation sites (tertiary alicyclic amines) is 1. The maximum Gasteiger partial charge on any atom is 0.253 e. The fraction of sp³-hybridized carbons (Fsp3) is 0.474. The van der Waals surface area contributed by atoms with Gasteiger partial charge in [-0.15, -0.1) is 11.3 Å². The summed E-state index contributed by atoms with van der Waals surface area (Å²) in [7, 11) is 0. The van der Waals surface area contributed by atoms with Gasteiger partial charge in [0, 0.05) is 54.9 Å². The van der Waals surface area contributed by atoms with E-state index in [0.29, 0.717) is 5.92 Å². The van der Waals surface area contributed by atoms with Crippen LogP contribution in [0, 0.1) is 0 Å². The first-order chi connectivity index (χ1) is 11.8. The summed E-state index contributed by atoms with van der Waals surface area (Å²) >= 11 is 1.70. The molecule has 1 atom stereocenters. The second kappa shape index (κ2) is 6.93. The monoisotopic (exact) mass is 341 g/mol. The number of piperidine rings is 1. The standard InChI is InChI=1S/C19H23N3OS/c23-19(15-5-7-17(8-6-15)21-10-1-2-11-21)22-12-3-4-16(14-22)18-20-9-13-24-18/h5-9,13,16H,1-4,10-12,14H2/t16-/m1/s1. The predicted octanol–water partition coefficient (Wildman–Crippen LogP) is 3.76. The lowest BCUT2D eigenvalue weighted by molar-refractivity contribution is 0.0707. The lowest BCUT2D eigenvalue weighted by Crippen LogP contribution is -2.39. The molecule has 2 aliphatic rings. The van der Waals surface area contributed by atoms with E-state index in [0.717, 1.165) is 49.6 Å². The van der Waals surface area contributed by atoms with Gasteiger partial charge in [-0.05, 0) is 49.9 Å². The molecule has 0 bridgehead atoms. The molecule has 0 radical (unpaired) electrons. The quantitative estimate of drug-likeness (QED) is 0.853. The minimum Gasteiger partial charge on any atom is -0.372 e. The normalized spacial score (nSPS) is 21.2. The minimum atomic E-state index is 0.157. The minimum absolute atomic E-state index is 0.157. The van der Waals surface area contributed by atoms with E-state index >= 15 is 0 Å². The van der Waals surface area contributed by atoms with Crippen molar-refractivity contribution in [1.29, 1.82) is 0 Å². The number of aromatic nitrogens is 1. The molecule has 2 saturated heterocycles. The van der Waals surface area contributed by atoms with Crippen molar-refractivity contribution in [1.82, 2.24) is 9.88 Å². The molecule has 0 N–H and O–H groups in total. The van der Waals surface area contributed by atoms with Crippen LogP contribution in [0.1, 0.15) is 47.0 Å². The van der Waals surface area contributed by atoms with Crippen molar-refractivity contribution in [2.75, 3.05) is 31.1 Å². The van der Waals surface area contributed by atoms with Gasteiger partial charge in [-0.3, -0.25) is 4.79 Å². The van der Waals surface area contributed by atoms with Crippen LogP contribution in [0.2, 0.25) is 0 Å². The van der Waals surface area contributed by atoms with E-state index in [2.05, 4.69) is 22.0 Å². The van der Waals surface area contributed by atoms with Gasteiger partial charge in [0.05, 0.1) is 5.01 Å². The second-order valence-electron chi connectivity index (χ2n) is 6.70.